The van der Waals surface area contributed by atoms with Crippen molar-refractivity contribution in [1.29, 1.82) is 0 Å². The number of nitrogens with one attached hydrogen (secondary N) is 2. The number of carbonyl (C=O) groups is 2. The van der Waals surface area contributed by atoms with Gasteiger partial charge in [0.2, 0.25) is 0 Å². The molecule has 1 aliphatic heterocycles. The van der Waals surface area contributed by atoms with Gasteiger partial charge in [-0.1, -0.05) is 18.6 Å². The number of carboxylic acids is 1. The summed E-state index contributed by atoms with van der Waals surface area (Å²) < 4.78 is 0. The molecule has 1 aliphatic rings. The van der Waals surface area contributed by atoms with Crippen LogP contribution in [0.25, 0.3) is 0 Å². The fourth-order valence-corrected chi connectivity index (χ4v) is 2.92. The number of urea groups is 1. The monoisotopic (exact) mass is 333 g/mol. The molecule has 0 radical (unpaired) electrons. The van der Waals surface area contributed by atoms with Gasteiger partial charge in [0, 0.05) is 18.6 Å². The van der Waals surface area contributed by atoms with E-state index in [4.69, 9.17) is 5.11 Å². The molecule has 132 valence electrons. The third kappa shape index (κ3) is 5.23. The molecule has 1 aromatic carbocycles. The predicted octanol–water partition coefficient (Wildman–Crippen LogP) is 2.45. The van der Waals surface area contributed by atoms with Gasteiger partial charge in [-0.05, 0) is 57.5 Å². The van der Waals surface area contributed by atoms with Crippen LogP contribution in [0.5, 0.6) is 0 Å². The Hall–Kier alpha value is -2.08. The van der Waals surface area contributed by atoms with Gasteiger partial charge < -0.3 is 15.7 Å². The normalized spacial score (nSPS) is 15.8. The smallest absolute Gasteiger partial charge is 0.335 e. The van der Waals surface area contributed by atoms with Gasteiger partial charge in [0.15, 0.2) is 0 Å². The van der Waals surface area contributed by atoms with Crippen molar-refractivity contribution in [2.24, 2.45) is 0 Å². The van der Waals surface area contributed by atoms with Crippen LogP contribution < -0.4 is 10.6 Å². The quantitative estimate of drug-likeness (QED) is 0.747. The highest BCUT2D eigenvalue weighted by Crippen LogP contribution is 2.19. The predicted molar refractivity (Wildman–Crippen MR) is 93.1 cm³/mol. The number of nitrogens with zero attached hydrogens (tertiary/aromatic N) is 1. The maximum Gasteiger partial charge on any atom is 0.335 e. The molecule has 1 saturated heterocycles. The Bertz CT molecular complexity index is 563. The van der Waals surface area contributed by atoms with E-state index in [9.17, 15) is 9.59 Å². The number of hydrogen-bond donors (Lipinski definition) is 3. The first-order chi connectivity index (χ1) is 11.4. The van der Waals surface area contributed by atoms with E-state index in [0.717, 1.165) is 18.7 Å². The summed E-state index contributed by atoms with van der Waals surface area (Å²) in [7, 11) is 0. The van der Waals surface area contributed by atoms with Crippen molar-refractivity contribution in [3.8, 4) is 0 Å². The summed E-state index contributed by atoms with van der Waals surface area (Å²) in [4.78, 5) is 25.2. The summed E-state index contributed by atoms with van der Waals surface area (Å²) in [6, 6.07) is 6.29. The maximum atomic E-state index is 12.0. The van der Waals surface area contributed by atoms with Gasteiger partial charge in [-0.25, -0.2) is 9.59 Å². The SMILES string of the molecule is CC(C)(CNC(=O)NCc1ccc(C(=O)O)cc1)N1CCCCC1. The van der Waals surface area contributed by atoms with Crippen molar-refractivity contribution in [3.05, 3.63) is 35.4 Å². The number of carboxylic acid groups (broad SMARTS) is 1. The average molecular weight is 333 g/mol. The average Bonchev–Trinajstić information content (AvgIpc) is 2.59. The molecule has 6 heteroatoms. The maximum absolute atomic E-state index is 12.0. The summed E-state index contributed by atoms with van der Waals surface area (Å²) in [6.07, 6.45) is 3.74. The minimum Gasteiger partial charge on any atom is -0.478 e. The van der Waals surface area contributed by atoms with Crippen LogP contribution in [0.1, 0.15) is 49.0 Å². The molecule has 1 fully saturated rings. The first kappa shape index (κ1) is 18.3. The van der Waals surface area contributed by atoms with Crippen molar-refractivity contribution in [2.75, 3.05) is 19.6 Å². The molecule has 3 N–H and O–H groups in total. The molecule has 2 rings (SSSR count). The second kappa shape index (κ2) is 8.15. The number of benzene rings is 1. The third-order valence-corrected chi connectivity index (χ3v) is 4.55. The van der Waals surface area contributed by atoms with Gasteiger partial charge in [-0.15, -0.1) is 0 Å². The van der Waals surface area contributed by atoms with Crippen LogP contribution in [-0.2, 0) is 6.54 Å². The van der Waals surface area contributed by atoms with Gasteiger partial charge in [-0.3, -0.25) is 4.90 Å². The lowest BCUT2D eigenvalue weighted by Crippen LogP contribution is -2.54. The molecule has 0 bridgehead atoms. The zero-order chi connectivity index (χ0) is 17.6. The molecular formula is C18H27N3O3. The number of carbonyl (C=O) groups excluding carboxylic acids is 1. The molecule has 1 heterocycles. The molecule has 0 saturated carbocycles. The van der Waals surface area contributed by atoms with Crippen molar-refractivity contribution < 1.29 is 14.7 Å². The molecule has 6 nitrogen and oxygen atoms in total. The Morgan fingerprint density at radius 1 is 1.08 bits per heavy atom. The molecule has 0 spiro atoms. The van der Waals surface area contributed by atoms with E-state index in [2.05, 4.69) is 29.4 Å². The van der Waals surface area contributed by atoms with Gasteiger partial charge in [-0.2, -0.15) is 0 Å². The molecule has 1 aromatic rings. The molecule has 0 aromatic heterocycles. The van der Waals surface area contributed by atoms with Crippen molar-refractivity contribution in [3.63, 3.8) is 0 Å². The first-order valence-corrected chi connectivity index (χ1v) is 8.47. The highest BCUT2D eigenvalue weighted by molar-refractivity contribution is 5.87. The zero-order valence-corrected chi connectivity index (χ0v) is 14.5. The Morgan fingerprint density at radius 3 is 2.29 bits per heavy atom. The van der Waals surface area contributed by atoms with Gasteiger partial charge >= 0.3 is 12.0 Å². The van der Waals surface area contributed by atoms with Crippen molar-refractivity contribution in [1.82, 2.24) is 15.5 Å². The highest BCUT2D eigenvalue weighted by Gasteiger charge is 2.28. The lowest BCUT2D eigenvalue weighted by molar-refractivity contribution is 0.0697. The van der Waals surface area contributed by atoms with E-state index in [-0.39, 0.29) is 17.1 Å². The van der Waals surface area contributed by atoms with Crippen LogP contribution in [-0.4, -0.2) is 47.2 Å². The van der Waals surface area contributed by atoms with E-state index >= 15 is 0 Å². The van der Waals surface area contributed by atoms with Crippen molar-refractivity contribution >= 4 is 12.0 Å². The Labute approximate surface area is 143 Å². The Morgan fingerprint density at radius 2 is 1.71 bits per heavy atom. The van der Waals surface area contributed by atoms with Crippen LogP contribution in [0.2, 0.25) is 0 Å². The number of piperidine rings is 1. The second-order valence-corrected chi connectivity index (χ2v) is 6.90. The molecule has 0 atom stereocenters. The van der Waals surface area contributed by atoms with Crippen LogP contribution in [0, 0.1) is 0 Å². The summed E-state index contributed by atoms with van der Waals surface area (Å²) in [6.45, 7) is 7.46. The largest absolute Gasteiger partial charge is 0.478 e. The van der Waals surface area contributed by atoms with Crippen molar-refractivity contribution in [2.45, 2.75) is 45.2 Å². The van der Waals surface area contributed by atoms with Crippen LogP contribution in [0.3, 0.4) is 0 Å². The topological polar surface area (TPSA) is 81.7 Å². The fraction of sp³-hybridized carbons (Fsp3) is 0.556. The van der Waals surface area contributed by atoms with E-state index < -0.39 is 5.97 Å². The molecular weight excluding hydrogens is 306 g/mol. The molecule has 24 heavy (non-hydrogen) atoms. The van der Waals surface area contributed by atoms with Gasteiger partial charge in [0.25, 0.3) is 0 Å². The van der Waals surface area contributed by atoms with Gasteiger partial charge in [0.05, 0.1) is 5.56 Å². The Balaban J connectivity index is 1.75. The van der Waals surface area contributed by atoms with Crippen LogP contribution >= 0.6 is 0 Å². The summed E-state index contributed by atoms with van der Waals surface area (Å²) >= 11 is 0. The molecule has 0 aliphatic carbocycles. The summed E-state index contributed by atoms with van der Waals surface area (Å²) in [5, 5.41) is 14.6. The van der Waals surface area contributed by atoms with Crippen LogP contribution in [0.4, 0.5) is 4.79 Å². The Kier molecular flexibility index (Phi) is 6.20. The number of aromatic carboxylic acids is 1. The summed E-state index contributed by atoms with van der Waals surface area (Å²) in [5.41, 5.74) is 1.05. The van der Waals surface area contributed by atoms with E-state index in [1.54, 1.807) is 12.1 Å². The minimum absolute atomic E-state index is 0.0547. The van der Waals surface area contributed by atoms with Gasteiger partial charge in [0.1, 0.15) is 0 Å². The highest BCUT2D eigenvalue weighted by atomic mass is 16.4. The number of hydrogen-bond acceptors (Lipinski definition) is 3. The van der Waals surface area contributed by atoms with E-state index in [1.165, 1.54) is 31.4 Å². The first-order valence-electron chi connectivity index (χ1n) is 8.47. The summed E-state index contributed by atoms with van der Waals surface area (Å²) in [5.74, 6) is -0.952. The minimum atomic E-state index is -0.952. The van der Waals surface area contributed by atoms with E-state index in [0.29, 0.717) is 13.1 Å². The molecule has 0 unspecified atom stereocenters. The standard InChI is InChI=1S/C18H27N3O3/c1-18(2,21-10-4-3-5-11-21)13-20-17(24)19-12-14-6-8-15(9-7-14)16(22)23/h6-9H,3-5,10-13H2,1-2H3,(H,22,23)(H2,19,20,24). The zero-order valence-electron chi connectivity index (χ0n) is 14.5. The number of amides is 2. The fourth-order valence-electron chi connectivity index (χ4n) is 2.92. The van der Waals surface area contributed by atoms with Crippen LogP contribution in [0.15, 0.2) is 24.3 Å². The number of rotatable bonds is 6. The second-order valence-electron chi connectivity index (χ2n) is 6.90. The number of likely N-dealkylation sites (tertiary alicyclic amines) is 1. The third-order valence-electron chi connectivity index (χ3n) is 4.55. The van der Waals surface area contributed by atoms with E-state index in [1.807, 2.05) is 0 Å². The lowest BCUT2D eigenvalue weighted by atomic mass is 9.98. The molecule has 2 amide bonds. The lowest BCUT2D eigenvalue weighted by Gasteiger charge is -2.41.